The van der Waals surface area contributed by atoms with Gasteiger partial charge in [0, 0.05) is 37.8 Å². The van der Waals surface area contributed by atoms with Gasteiger partial charge >= 0.3 is 0 Å². The monoisotopic (exact) mass is 424 g/mol. The van der Waals surface area contributed by atoms with Gasteiger partial charge in [-0.2, -0.15) is 0 Å². The highest BCUT2D eigenvalue weighted by Crippen LogP contribution is 2.38. The molecule has 3 rings (SSSR count). The average molecular weight is 425 g/mol. The average Bonchev–Trinajstić information content (AvgIpc) is 2.99. The zero-order valence-corrected chi connectivity index (χ0v) is 17.9. The molecule has 1 aromatic rings. The molecule has 2 fully saturated rings. The van der Waals surface area contributed by atoms with Crippen LogP contribution in [0.5, 0.6) is 17.2 Å². The topological polar surface area (TPSA) is 60.5 Å². The molecule has 0 saturated carbocycles. The minimum absolute atomic E-state index is 0.0832. The molecule has 0 aromatic heterocycles. The molecule has 0 atom stereocenters. The normalized spacial score (nSPS) is 19.4. The van der Waals surface area contributed by atoms with Crippen molar-refractivity contribution >= 4 is 40.3 Å². The van der Waals surface area contributed by atoms with Gasteiger partial charge in [-0.3, -0.25) is 14.6 Å². The van der Waals surface area contributed by atoms with E-state index in [1.54, 1.807) is 44.4 Å². The van der Waals surface area contributed by atoms with Crippen LogP contribution in [0.1, 0.15) is 5.56 Å². The first-order chi connectivity index (χ1) is 13.6. The van der Waals surface area contributed by atoms with Crippen molar-refractivity contribution in [3.63, 3.8) is 0 Å². The highest BCUT2D eigenvalue weighted by Gasteiger charge is 2.32. The van der Waals surface area contributed by atoms with Gasteiger partial charge in [0.15, 0.2) is 11.5 Å². The molecule has 152 valence electrons. The van der Waals surface area contributed by atoms with E-state index in [2.05, 4.69) is 4.90 Å². The molecule has 7 nitrogen and oxygen atoms in total. The first-order valence-corrected chi connectivity index (χ1v) is 10.1. The second-order valence-corrected chi connectivity index (χ2v) is 7.91. The van der Waals surface area contributed by atoms with Crippen molar-refractivity contribution in [2.75, 3.05) is 60.7 Å². The molecule has 0 unspecified atom stereocenters. The Morgan fingerprint density at radius 3 is 2.36 bits per heavy atom. The number of rotatable bonds is 7. The third-order valence-electron chi connectivity index (χ3n) is 4.64. The quantitative estimate of drug-likeness (QED) is 0.488. The molecule has 1 amide bonds. The molecule has 28 heavy (non-hydrogen) atoms. The minimum atomic E-state index is -0.0832. The van der Waals surface area contributed by atoms with E-state index >= 15 is 0 Å². The lowest BCUT2D eigenvalue weighted by Crippen LogP contribution is -2.42. The number of thioether (sulfide) groups is 1. The first-order valence-electron chi connectivity index (χ1n) is 8.93. The van der Waals surface area contributed by atoms with Crippen LogP contribution in [-0.2, 0) is 9.53 Å². The van der Waals surface area contributed by atoms with Crippen LogP contribution in [0.15, 0.2) is 17.0 Å². The SMILES string of the molecule is COc1cc(OC)c(OC)cc1C=C1SC(=S)N(CCN2CCOCC2)C1=O. The zero-order valence-electron chi connectivity index (χ0n) is 16.2. The Bertz CT molecular complexity index is 778. The van der Waals surface area contributed by atoms with Gasteiger partial charge in [-0.1, -0.05) is 24.0 Å². The summed E-state index contributed by atoms with van der Waals surface area (Å²) >= 11 is 6.74. The van der Waals surface area contributed by atoms with E-state index in [0.717, 1.165) is 38.4 Å². The summed E-state index contributed by atoms with van der Waals surface area (Å²) in [6, 6.07) is 3.53. The molecule has 9 heteroatoms. The van der Waals surface area contributed by atoms with Gasteiger partial charge in [0.05, 0.1) is 39.4 Å². The van der Waals surface area contributed by atoms with Crippen LogP contribution >= 0.6 is 24.0 Å². The molecule has 2 aliphatic rings. The molecule has 0 spiro atoms. The highest BCUT2D eigenvalue weighted by molar-refractivity contribution is 8.26. The minimum Gasteiger partial charge on any atom is -0.496 e. The van der Waals surface area contributed by atoms with Crippen molar-refractivity contribution in [3.05, 3.63) is 22.6 Å². The highest BCUT2D eigenvalue weighted by atomic mass is 32.2. The Labute approximate surface area is 174 Å². The molecule has 0 aliphatic carbocycles. The third-order valence-corrected chi connectivity index (χ3v) is 6.02. The fraction of sp³-hybridized carbons (Fsp3) is 0.474. The number of morpholine rings is 1. The van der Waals surface area contributed by atoms with Crippen molar-refractivity contribution in [1.29, 1.82) is 0 Å². The van der Waals surface area contributed by atoms with Crippen LogP contribution in [0.2, 0.25) is 0 Å². The molecule has 1 aromatic carbocycles. The van der Waals surface area contributed by atoms with Gasteiger partial charge in [0.25, 0.3) is 5.91 Å². The lowest BCUT2D eigenvalue weighted by Gasteiger charge is -2.28. The van der Waals surface area contributed by atoms with Crippen LogP contribution in [0, 0.1) is 0 Å². The van der Waals surface area contributed by atoms with E-state index in [1.807, 2.05) is 0 Å². The summed E-state index contributed by atoms with van der Waals surface area (Å²) < 4.78 is 22.1. The van der Waals surface area contributed by atoms with Gasteiger partial charge in [0.1, 0.15) is 10.1 Å². The molecular formula is C19H24N2O5S2. The molecule has 0 N–H and O–H groups in total. The van der Waals surface area contributed by atoms with Gasteiger partial charge in [-0.25, -0.2) is 0 Å². The van der Waals surface area contributed by atoms with E-state index < -0.39 is 0 Å². The molecule has 0 bridgehead atoms. The number of carbonyl (C=O) groups is 1. The van der Waals surface area contributed by atoms with E-state index in [4.69, 9.17) is 31.2 Å². The summed E-state index contributed by atoms with van der Waals surface area (Å²) in [4.78, 5) is 17.4. The summed E-state index contributed by atoms with van der Waals surface area (Å²) in [5.41, 5.74) is 0.730. The number of hydrogen-bond donors (Lipinski definition) is 0. The number of carbonyl (C=O) groups excluding carboxylic acids is 1. The molecular weight excluding hydrogens is 400 g/mol. The Morgan fingerprint density at radius 2 is 1.71 bits per heavy atom. The lowest BCUT2D eigenvalue weighted by molar-refractivity contribution is -0.122. The van der Waals surface area contributed by atoms with Crippen LogP contribution in [-0.4, -0.2) is 80.7 Å². The molecule has 2 aliphatic heterocycles. The number of thiocarbonyl (C=S) groups is 1. The Kier molecular flexibility index (Phi) is 7.17. The van der Waals surface area contributed by atoms with E-state index in [9.17, 15) is 4.79 Å². The number of hydrogen-bond acceptors (Lipinski definition) is 8. The maximum Gasteiger partial charge on any atom is 0.266 e. The fourth-order valence-corrected chi connectivity index (χ4v) is 4.37. The van der Waals surface area contributed by atoms with Crippen LogP contribution in [0.4, 0.5) is 0 Å². The summed E-state index contributed by atoms with van der Waals surface area (Å²) in [5, 5.41) is 0. The summed E-state index contributed by atoms with van der Waals surface area (Å²) in [7, 11) is 4.71. The van der Waals surface area contributed by atoms with Gasteiger partial charge in [0.2, 0.25) is 0 Å². The smallest absolute Gasteiger partial charge is 0.266 e. The molecule has 2 saturated heterocycles. The van der Waals surface area contributed by atoms with E-state index in [1.165, 1.54) is 11.8 Å². The number of nitrogens with zero attached hydrogens (tertiary/aromatic N) is 2. The predicted octanol–water partition coefficient (Wildman–Crippen LogP) is 2.25. The largest absolute Gasteiger partial charge is 0.496 e. The van der Waals surface area contributed by atoms with Crippen LogP contribution < -0.4 is 14.2 Å². The second kappa shape index (κ2) is 9.60. The van der Waals surface area contributed by atoms with Crippen LogP contribution in [0.3, 0.4) is 0 Å². The van der Waals surface area contributed by atoms with E-state index in [0.29, 0.717) is 33.0 Å². The van der Waals surface area contributed by atoms with Gasteiger partial charge < -0.3 is 18.9 Å². The standard InChI is InChI=1S/C19H24N2O5S2/c1-23-14-12-16(25-3)15(24-2)10-13(14)11-17-18(22)21(19(27)28-17)5-4-20-6-8-26-9-7-20/h10-12H,4-9H2,1-3H3. The summed E-state index contributed by atoms with van der Waals surface area (Å²) in [6.45, 7) is 4.59. The fourth-order valence-electron chi connectivity index (χ4n) is 3.07. The maximum atomic E-state index is 12.9. The third kappa shape index (κ3) is 4.60. The number of ether oxygens (including phenoxy) is 4. The number of amides is 1. The lowest BCUT2D eigenvalue weighted by atomic mass is 10.1. The second-order valence-electron chi connectivity index (χ2n) is 6.24. The molecule has 2 heterocycles. The molecule has 0 radical (unpaired) electrons. The summed E-state index contributed by atoms with van der Waals surface area (Å²) in [6.07, 6.45) is 1.79. The van der Waals surface area contributed by atoms with Gasteiger partial charge in [-0.15, -0.1) is 0 Å². The first kappa shape index (κ1) is 20.9. The Hall–Kier alpha value is -1.81. The maximum absolute atomic E-state index is 12.9. The van der Waals surface area contributed by atoms with Crippen molar-refractivity contribution in [2.45, 2.75) is 0 Å². The Morgan fingerprint density at radius 1 is 1.07 bits per heavy atom. The predicted molar refractivity (Wildman–Crippen MR) is 113 cm³/mol. The van der Waals surface area contributed by atoms with Crippen molar-refractivity contribution in [1.82, 2.24) is 9.80 Å². The Balaban J connectivity index is 1.77. The number of methoxy groups -OCH3 is 3. The number of benzene rings is 1. The van der Waals surface area contributed by atoms with Crippen molar-refractivity contribution in [3.8, 4) is 17.2 Å². The van der Waals surface area contributed by atoms with Crippen molar-refractivity contribution in [2.24, 2.45) is 0 Å². The summed E-state index contributed by atoms with van der Waals surface area (Å²) in [5.74, 6) is 1.64. The zero-order chi connectivity index (χ0) is 20.1. The van der Waals surface area contributed by atoms with E-state index in [-0.39, 0.29) is 5.91 Å². The van der Waals surface area contributed by atoms with Gasteiger partial charge in [-0.05, 0) is 12.1 Å². The van der Waals surface area contributed by atoms with Crippen LogP contribution in [0.25, 0.3) is 6.08 Å². The van der Waals surface area contributed by atoms with Crippen molar-refractivity contribution < 1.29 is 23.7 Å².